The standard InChI is InChI=1S/C11H10N6O/c1-6-2-9(18)17-11(14-6)15-10(16-17)7-3-8(12)5-13-4-7/h2-5H,12H2,1H3,(H,14,15,16). The van der Waals surface area contributed by atoms with Crippen molar-refractivity contribution in [3.8, 4) is 11.4 Å². The van der Waals surface area contributed by atoms with E-state index in [4.69, 9.17) is 5.73 Å². The number of nitrogen functional groups attached to an aromatic ring is 1. The maximum absolute atomic E-state index is 11.7. The van der Waals surface area contributed by atoms with Crippen LogP contribution in [0.15, 0.2) is 29.3 Å². The lowest BCUT2D eigenvalue weighted by Crippen LogP contribution is -2.14. The molecule has 3 rings (SSSR count). The van der Waals surface area contributed by atoms with Crippen molar-refractivity contribution in [1.29, 1.82) is 0 Å². The van der Waals surface area contributed by atoms with Crippen LogP contribution in [-0.2, 0) is 0 Å². The van der Waals surface area contributed by atoms with Gasteiger partial charge in [-0.05, 0) is 13.0 Å². The van der Waals surface area contributed by atoms with Crippen molar-refractivity contribution in [2.45, 2.75) is 6.92 Å². The predicted octanol–water partition coefficient (Wildman–Crippen LogP) is 0.370. The first-order chi connectivity index (χ1) is 8.63. The molecule has 7 heteroatoms. The lowest BCUT2D eigenvalue weighted by molar-refractivity contribution is 0.892. The fourth-order valence-corrected chi connectivity index (χ4v) is 1.71. The lowest BCUT2D eigenvalue weighted by atomic mass is 10.2. The van der Waals surface area contributed by atoms with E-state index in [1.165, 1.54) is 10.6 Å². The normalized spacial score (nSPS) is 10.9. The molecule has 0 atom stereocenters. The first-order valence-corrected chi connectivity index (χ1v) is 5.31. The Kier molecular flexibility index (Phi) is 2.12. The molecule has 0 bridgehead atoms. The van der Waals surface area contributed by atoms with E-state index < -0.39 is 0 Å². The number of fused-ring (bicyclic) bond motifs is 1. The second-order valence-corrected chi connectivity index (χ2v) is 3.95. The Bertz CT molecular complexity index is 788. The van der Waals surface area contributed by atoms with Crippen LogP contribution in [0.5, 0.6) is 0 Å². The van der Waals surface area contributed by atoms with Crippen molar-refractivity contribution in [1.82, 2.24) is 24.6 Å². The summed E-state index contributed by atoms with van der Waals surface area (Å²) in [5, 5.41) is 2.87. The third-order valence-electron chi connectivity index (χ3n) is 2.49. The lowest BCUT2D eigenvalue weighted by Gasteiger charge is -1.96. The van der Waals surface area contributed by atoms with Gasteiger partial charge >= 0.3 is 0 Å². The molecule has 7 nitrogen and oxygen atoms in total. The number of nitrogens with one attached hydrogen (secondary N) is 1. The highest BCUT2D eigenvalue weighted by Crippen LogP contribution is 2.16. The molecule has 0 saturated carbocycles. The molecule has 0 saturated heterocycles. The first kappa shape index (κ1) is 10.5. The summed E-state index contributed by atoms with van der Waals surface area (Å²) in [5.74, 6) is 0.836. The number of hydrogen-bond acceptors (Lipinski definition) is 5. The number of hydrogen-bond donors (Lipinski definition) is 2. The van der Waals surface area contributed by atoms with E-state index in [9.17, 15) is 4.79 Å². The van der Waals surface area contributed by atoms with Crippen LogP contribution < -0.4 is 11.3 Å². The van der Waals surface area contributed by atoms with E-state index in [1.54, 1.807) is 25.4 Å². The predicted molar refractivity (Wildman–Crippen MR) is 66.0 cm³/mol. The summed E-state index contributed by atoms with van der Waals surface area (Å²) in [7, 11) is 0. The van der Waals surface area contributed by atoms with Crippen LogP contribution in [0.2, 0.25) is 0 Å². The molecule has 18 heavy (non-hydrogen) atoms. The second kappa shape index (κ2) is 3.66. The zero-order chi connectivity index (χ0) is 12.7. The summed E-state index contributed by atoms with van der Waals surface area (Å²) in [5.41, 5.74) is 7.32. The molecular formula is C11H10N6O. The number of anilines is 1. The number of rotatable bonds is 1. The third kappa shape index (κ3) is 1.61. The van der Waals surface area contributed by atoms with Gasteiger partial charge < -0.3 is 5.73 Å². The highest BCUT2D eigenvalue weighted by molar-refractivity contribution is 5.60. The number of aryl methyl sites for hydroxylation is 1. The van der Waals surface area contributed by atoms with Gasteiger partial charge in [0.1, 0.15) is 0 Å². The maximum atomic E-state index is 11.7. The van der Waals surface area contributed by atoms with Crippen molar-refractivity contribution < 1.29 is 0 Å². The van der Waals surface area contributed by atoms with E-state index in [2.05, 4.69) is 20.1 Å². The molecule has 0 unspecified atom stereocenters. The molecule has 0 fully saturated rings. The van der Waals surface area contributed by atoms with Crippen LogP contribution in [0.3, 0.4) is 0 Å². The Balaban J connectivity index is 2.26. The summed E-state index contributed by atoms with van der Waals surface area (Å²) in [6, 6.07) is 3.16. The van der Waals surface area contributed by atoms with Crippen LogP contribution in [0.1, 0.15) is 5.69 Å². The number of nitrogens with two attached hydrogens (primary N) is 1. The van der Waals surface area contributed by atoms with Crippen molar-refractivity contribution in [3.63, 3.8) is 0 Å². The van der Waals surface area contributed by atoms with Crippen LogP contribution >= 0.6 is 0 Å². The van der Waals surface area contributed by atoms with Gasteiger partial charge in [-0.2, -0.15) is 9.50 Å². The Morgan fingerprint density at radius 1 is 1.28 bits per heavy atom. The number of pyridine rings is 1. The Morgan fingerprint density at radius 3 is 2.89 bits per heavy atom. The number of nitrogens with zero attached hydrogens (tertiary/aromatic N) is 4. The molecule has 3 N–H and O–H groups in total. The van der Waals surface area contributed by atoms with Gasteiger partial charge in [-0.25, -0.2) is 4.98 Å². The number of aromatic nitrogens is 5. The van der Waals surface area contributed by atoms with Gasteiger partial charge in [0.2, 0.25) is 0 Å². The second-order valence-electron chi connectivity index (χ2n) is 3.95. The number of aromatic amines is 1. The summed E-state index contributed by atoms with van der Waals surface area (Å²) in [6.45, 7) is 1.75. The first-order valence-electron chi connectivity index (χ1n) is 5.31. The zero-order valence-corrected chi connectivity index (χ0v) is 9.58. The SMILES string of the molecule is Cc1cc(=O)n2[nH]c(-c3cncc(N)c3)nc2n1. The van der Waals surface area contributed by atoms with Gasteiger partial charge in [-0.3, -0.25) is 14.9 Å². The van der Waals surface area contributed by atoms with E-state index in [0.717, 1.165) is 0 Å². The topological polar surface area (TPSA) is 102 Å². The van der Waals surface area contributed by atoms with Gasteiger partial charge in [-0.15, -0.1) is 0 Å². The van der Waals surface area contributed by atoms with Gasteiger partial charge in [0.05, 0.1) is 5.69 Å². The van der Waals surface area contributed by atoms with E-state index >= 15 is 0 Å². The molecule has 3 aromatic rings. The van der Waals surface area contributed by atoms with E-state index in [0.29, 0.717) is 28.5 Å². The molecule has 3 heterocycles. The van der Waals surface area contributed by atoms with Gasteiger partial charge in [0.15, 0.2) is 5.82 Å². The fourth-order valence-electron chi connectivity index (χ4n) is 1.71. The van der Waals surface area contributed by atoms with Gasteiger partial charge in [0.25, 0.3) is 11.3 Å². The molecule has 3 aromatic heterocycles. The molecular weight excluding hydrogens is 232 g/mol. The van der Waals surface area contributed by atoms with Crippen LogP contribution in [0.4, 0.5) is 5.69 Å². The Hall–Kier alpha value is -2.70. The average molecular weight is 242 g/mol. The molecule has 0 amide bonds. The molecule has 0 spiro atoms. The third-order valence-corrected chi connectivity index (χ3v) is 2.49. The van der Waals surface area contributed by atoms with Crippen LogP contribution in [-0.4, -0.2) is 24.6 Å². The number of H-pyrrole nitrogens is 1. The van der Waals surface area contributed by atoms with E-state index in [1.807, 2.05) is 0 Å². The summed E-state index contributed by atoms with van der Waals surface area (Å²) in [6.07, 6.45) is 3.16. The molecule has 0 aromatic carbocycles. The molecule has 0 aliphatic rings. The maximum Gasteiger partial charge on any atom is 0.274 e. The monoisotopic (exact) mass is 242 g/mol. The van der Waals surface area contributed by atoms with Gasteiger partial charge in [0, 0.05) is 29.7 Å². The Labute approximate surface area is 101 Å². The largest absolute Gasteiger partial charge is 0.397 e. The van der Waals surface area contributed by atoms with Crippen molar-refractivity contribution in [2.24, 2.45) is 0 Å². The minimum atomic E-state index is -0.201. The van der Waals surface area contributed by atoms with Crippen LogP contribution in [0.25, 0.3) is 17.2 Å². The van der Waals surface area contributed by atoms with E-state index in [-0.39, 0.29) is 5.56 Å². The quantitative estimate of drug-likeness (QED) is 0.641. The molecule has 0 aliphatic carbocycles. The van der Waals surface area contributed by atoms with Crippen molar-refractivity contribution in [3.05, 3.63) is 40.6 Å². The van der Waals surface area contributed by atoms with Crippen molar-refractivity contribution >= 4 is 11.5 Å². The molecule has 90 valence electrons. The highest BCUT2D eigenvalue weighted by Gasteiger charge is 2.08. The zero-order valence-electron chi connectivity index (χ0n) is 9.58. The summed E-state index contributed by atoms with van der Waals surface area (Å²) >= 11 is 0. The fraction of sp³-hybridized carbons (Fsp3) is 0.0909. The molecule has 0 aliphatic heterocycles. The highest BCUT2D eigenvalue weighted by atomic mass is 16.1. The minimum Gasteiger partial charge on any atom is -0.397 e. The Morgan fingerprint density at radius 2 is 2.11 bits per heavy atom. The molecule has 0 radical (unpaired) electrons. The van der Waals surface area contributed by atoms with Crippen LogP contribution in [0, 0.1) is 6.92 Å². The van der Waals surface area contributed by atoms with Crippen molar-refractivity contribution in [2.75, 3.05) is 5.73 Å². The minimum absolute atomic E-state index is 0.201. The summed E-state index contributed by atoms with van der Waals surface area (Å²) < 4.78 is 1.28. The average Bonchev–Trinajstić information content (AvgIpc) is 2.73. The van der Waals surface area contributed by atoms with Gasteiger partial charge in [-0.1, -0.05) is 0 Å². The smallest absolute Gasteiger partial charge is 0.274 e. The summed E-state index contributed by atoms with van der Waals surface area (Å²) in [4.78, 5) is 24.1.